The van der Waals surface area contributed by atoms with Gasteiger partial charge in [-0.25, -0.2) is 4.79 Å². The molecule has 0 radical (unpaired) electrons. The van der Waals surface area contributed by atoms with Gasteiger partial charge in [-0.1, -0.05) is 92.1 Å². The molecule has 3 aromatic carbocycles. The van der Waals surface area contributed by atoms with Crippen molar-refractivity contribution >= 4 is 28.4 Å². The molecule has 1 fully saturated rings. The number of nitrogens with zero attached hydrogens (tertiary/aromatic N) is 3. The van der Waals surface area contributed by atoms with Crippen LogP contribution in [0.3, 0.4) is 0 Å². The van der Waals surface area contributed by atoms with Crippen LogP contribution < -0.4 is 16.3 Å². The highest BCUT2D eigenvalue weighted by Crippen LogP contribution is 2.26. The highest BCUT2D eigenvalue weighted by Gasteiger charge is 2.24. The summed E-state index contributed by atoms with van der Waals surface area (Å²) >= 11 is 5.89. The second-order valence-corrected chi connectivity index (χ2v) is 12.5. The molecular weight excluding hydrogens is 566 g/mol. The van der Waals surface area contributed by atoms with Gasteiger partial charge in [0.2, 0.25) is 0 Å². The molecule has 1 aliphatic heterocycles. The number of nitrogens with one attached hydrogen (secondary N) is 2. The van der Waals surface area contributed by atoms with Crippen molar-refractivity contribution in [1.29, 1.82) is 0 Å². The van der Waals surface area contributed by atoms with E-state index in [2.05, 4.69) is 102 Å². The lowest BCUT2D eigenvalue weighted by Crippen LogP contribution is -2.43. The molecule has 2 N–H and O–H groups in total. The van der Waals surface area contributed by atoms with E-state index in [0.29, 0.717) is 11.7 Å². The number of hydrogen-bond donors (Lipinski definition) is 2. The van der Waals surface area contributed by atoms with Crippen molar-refractivity contribution in [2.24, 2.45) is 0 Å². The molecule has 1 aliphatic rings. The third kappa shape index (κ3) is 7.97. The lowest BCUT2D eigenvalue weighted by molar-refractivity contribution is 0.0364. The van der Waals surface area contributed by atoms with Crippen LogP contribution in [0.4, 0.5) is 0 Å². The van der Waals surface area contributed by atoms with E-state index in [-0.39, 0.29) is 23.8 Å². The summed E-state index contributed by atoms with van der Waals surface area (Å²) in [4.78, 5) is 16.5. The lowest BCUT2D eigenvalue weighted by Gasteiger charge is -2.27. The molecule has 0 saturated carbocycles. The SMILES string of the molecule is CCCCC(CC(C)NC(=S)NC(c1ccccc1)c1cccc(C)c1)n1c(=O)n(CCN2CCOCC2)c2ccccc21. The van der Waals surface area contributed by atoms with Crippen molar-refractivity contribution in [3.8, 4) is 0 Å². The van der Waals surface area contributed by atoms with Crippen LogP contribution in [0.15, 0.2) is 83.7 Å². The predicted octanol–water partition coefficient (Wildman–Crippen LogP) is 6.21. The Morgan fingerprint density at radius 1 is 0.909 bits per heavy atom. The molecular formula is C36H47N5O2S. The topological polar surface area (TPSA) is 63.5 Å². The fourth-order valence-corrected chi connectivity index (χ4v) is 6.70. The summed E-state index contributed by atoms with van der Waals surface area (Å²) in [6.07, 6.45) is 3.87. The van der Waals surface area contributed by atoms with E-state index in [4.69, 9.17) is 17.0 Å². The van der Waals surface area contributed by atoms with Crippen molar-refractivity contribution < 1.29 is 4.74 Å². The highest BCUT2D eigenvalue weighted by atomic mass is 32.1. The quantitative estimate of drug-likeness (QED) is 0.175. The molecule has 0 spiro atoms. The van der Waals surface area contributed by atoms with Crippen molar-refractivity contribution in [3.63, 3.8) is 0 Å². The molecule has 2 heterocycles. The number of hydrogen-bond acceptors (Lipinski definition) is 4. The zero-order valence-electron chi connectivity index (χ0n) is 26.4. The molecule has 234 valence electrons. The van der Waals surface area contributed by atoms with Crippen molar-refractivity contribution in [1.82, 2.24) is 24.7 Å². The predicted molar refractivity (Wildman–Crippen MR) is 184 cm³/mol. The van der Waals surface area contributed by atoms with E-state index in [1.807, 2.05) is 22.8 Å². The van der Waals surface area contributed by atoms with Gasteiger partial charge in [0.1, 0.15) is 0 Å². The first kappa shape index (κ1) is 31.9. The summed E-state index contributed by atoms with van der Waals surface area (Å²) in [5.41, 5.74) is 5.64. The summed E-state index contributed by atoms with van der Waals surface area (Å²) in [6, 6.07) is 27.3. The van der Waals surface area contributed by atoms with Gasteiger partial charge in [0, 0.05) is 38.3 Å². The maximum Gasteiger partial charge on any atom is 0.329 e. The number of thiocarbonyl (C=S) groups is 1. The van der Waals surface area contributed by atoms with Gasteiger partial charge in [-0.3, -0.25) is 14.0 Å². The van der Waals surface area contributed by atoms with E-state index < -0.39 is 0 Å². The fraction of sp³-hybridized carbons (Fsp3) is 0.444. The highest BCUT2D eigenvalue weighted by molar-refractivity contribution is 7.80. The fourth-order valence-electron chi connectivity index (χ4n) is 6.38. The number of morpholine rings is 1. The monoisotopic (exact) mass is 613 g/mol. The number of imidazole rings is 1. The minimum absolute atomic E-state index is 0.0592. The molecule has 3 atom stereocenters. The van der Waals surface area contributed by atoms with Crippen molar-refractivity contribution in [2.45, 2.75) is 71.1 Å². The molecule has 5 rings (SSSR count). The van der Waals surface area contributed by atoms with Crippen LogP contribution in [0.1, 0.15) is 68.3 Å². The third-order valence-electron chi connectivity index (χ3n) is 8.66. The summed E-state index contributed by atoms with van der Waals surface area (Å²) in [5, 5.41) is 7.77. The summed E-state index contributed by atoms with van der Waals surface area (Å²) in [6.45, 7) is 11.4. The van der Waals surface area contributed by atoms with Crippen LogP contribution in [0.25, 0.3) is 11.0 Å². The summed E-state index contributed by atoms with van der Waals surface area (Å²) in [5.74, 6) is 0. The average molecular weight is 614 g/mol. The van der Waals surface area contributed by atoms with Crippen LogP contribution >= 0.6 is 12.2 Å². The largest absolute Gasteiger partial charge is 0.379 e. The number of para-hydroxylation sites is 2. The second kappa shape index (κ2) is 15.5. The first-order chi connectivity index (χ1) is 21.4. The number of unbranched alkanes of at least 4 members (excludes halogenated alkanes) is 1. The zero-order chi connectivity index (χ0) is 30.9. The van der Waals surface area contributed by atoms with Gasteiger partial charge in [0.05, 0.1) is 30.3 Å². The van der Waals surface area contributed by atoms with E-state index >= 15 is 0 Å². The van der Waals surface area contributed by atoms with Crippen LogP contribution in [0, 0.1) is 6.92 Å². The molecule has 1 aromatic heterocycles. The Morgan fingerprint density at radius 2 is 1.61 bits per heavy atom. The first-order valence-corrected chi connectivity index (χ1v) is 16.5. The van der Waals surface area contributed by atoms with E-state index in [0.717, 1.165) is 75.1 Å². The normalized spacial score (nSPS) is 16.0. The van der Waals surface area contributed by atoms with Gasteiger partial charge in [0.15, 0.2) is 5.11 Å². The van der Waals surface area contributed by atoms with E-state index in [1.54, 1.807) is 0 Å². The van der Waals surface area contributed by atoms with Gasteiger partial charge < -0.3 is 15.4 Å². The third-order valence-corrected chi connectivity index (χ3v) is 8.89. The number of rotatable bonds is 13. The van der Waals surface area contributed by atoms with Crippen LogP contribution in [-0.2, 0) is 11.3 Å². The van der Waals surface area contributed by atoms with Crippen LogP contribution in [0.5, 0.6) is 0 Å². The number of fused-ring (bicyclic) bond motifs is 1. The van der Waals surface area contributed by atoms with Gasteiger partial charge >= 0.3 is 5.69 Å². The minimum atomic E-state index is -0.0637. The van der Waals surface area contributed by atoms with E-state index in [9.17, 15) is 4.79 Å². The molecule has 0 bridgehead atoms. The Morgan fingerprint density at radius 3 is 2.34 bits per heavy atom. The number of ether oxygens (including phenoxy) is 1. The number of benzene rings is 3. The van der Waals surface area contributed by atoms with Crippen molar-refractivity contribution in [3.05, 3.63) is 106 Å². The standard InChI is InChI=1S/C36H47N5O2S/c1-4-5-16-31(41-33-18-10-9-17-32(33)40(36(41)42)20-19-39-21-23-43-24-22-39)26-28(3)37-35(44)38-34(29-13-7-6-8-14-29)30-15-11-12-27(2)25-30/h6-15,17-18,25,28,31,34H,4-5,16,19-24,26H2,1-3H3,(H2,37,38,44). The van der Waals surface area contributed by atoms with Crippen molar-refractivity contribution in [2.75, 3.05) is 32.8 Å². The lowest BCUT2D eigenvalue weighted by atomic mass is 9.97. The summed E-state index contributed by atoms with van der Waals surface area (Å²) in [7, 11) is 0. The maximum atomic E-state index is 14.1. The Bertz CT molecular complexity index is 1560. The molecule has 3 unspecified atom stereocenters. The Balaban J connectivity index is 1.33. The molecule has 0 aliphatic carbocycles. The van der Waals surface area contributed by atoms with Gasteiger partial charge in [-0.15, -0.1) is 0 Å². The molecule has 4 aromatic rings. The second-order valence-electron chi connectivity index (χ2n) is 12.1. The van der Waals surface area contributed by atoms with E-state index in [1.165, 1.54) is 11.1 Å². The first-order valence-electron chi connectivity index (χ1n) is 16.1. The molecule has 0 amide bonds. The molecule has 1 saturated heterocycles. The smallest absolute Gasteiger partial charge is 0.329 e. The van der Waals surface area contributed by atoms with Gasteiger partial charge in [0.25, 0.3) is 0 Å². The van der Waals surface area contributed by atoms with Crippen LogP contribution in [0.2, 0.25) is 0 Å². The minimum Gasteiger partial charge on any atom is -0.379 e. The number of aryl methyl sites for hydroxylation is 1. The Hall–Kier alpha value is -3.46. The van der Waals surface area contributed by atoms with Crippen LogP contribution in [-0.4, -0.2) is 58.0 Å². The number of aromatic nitrogens is 2. The summed E-state index contributed by atoms with van der Waals surface area (Å²) < 4.78 is 9.55. The molecule has 7 nitrogen and oxygen atoms in total. The zero-order valence-corrected chi connectivity index (χ0v) is 27.2. The van der Waals surface area contributed by atoms with Gasteiger partial charge in [-0.2, -0.15) is 0 Å². The molecule has 8 heteroatoms. The molecule has 44 heavy (non-hydrogen) atoms. The maximum absolute atomic E-state index is 14.1. The Labute approximate surface area is 267 Å². The Kier molecular flexibility index (Phi) is 11.3. The average Bonchev–Trinajstić information content (AvgIpc) is 3.32. The van der Waals surface area contributed by atoms with Gasteiger partial charge in [-0.05, 0) is 62.2 Å².